The van der Waals surface area contributed by atoms with Crippen molar-refractivity contribution >= 4 is 34.9 Å². The molecule has 0 saturated carbocycles. The van der Waals surface area contributed by atoms with Gasteiger partial charge >= 0.3 is 6.18 Å². The molecule has 5 nitrogen and oxygen atoms in total. The normalized spacial score (nSPS) is 11.3. The highest BCUT2D eigenvalue weighted by Gasteiger charge is 2.32. The van der Waals surface area contributed by atoms with E-state index >= 15 is 0 Å². The molecule has 0 fully saturated rings. The maximum absolute atomic E-state index is 12.9. The predicted molar refractivity (Wildman–Crippen MR) is 91.5 cm³/mol. The summed E-state index contributed by atoms with van der Waals surface area (Å²) in [5.41, 5.74) is -1.05. The minimum Gasteiger partial charge on any atom is -0.309 e. The number of carbonyl (C=O) groups excluding carboxylic acids is 1. The van der Waals surface area contributed by atoms with E-state index in [-0.39, 0.29) is 39.4 Å². The van der Waals surface area contributed by atoms with Gasteiger partial charge in [-0.1, -0.05) is 36.5 Å². The quantitative estimate of drug-likeness (QED) is 0.744. The van der Waals surface area contributed by atoms with E-state index in [1.165, 1.54) is 6.20 Å². The zero-order valence-corrected chi connectivity index (χ0v) is 15.0. The number of amides is 1. The lowest BCUT2D eigenvalue weighted by molar-refractivity contribution is -0.137. The first-order chi connectivity index (χ1) is 12.2. The fourth-order valence-corrected chi connectivity index (χ4v) is 2.83. The molecule has 1 aromatic carbocycles. The van der Waals surface area contributed by atoms with Gasteiger partial charge in [-0.25, -0.2) is 4.68 Å². The van der Waals surface area contributed by atoms with Gasteiger partial charge in [0, 0.05) is 6.42 Å². The number of alkyl halides is 3. The Morgan fingerprint density at radius 2 is 1.96 bits per heavy atom. The molecule has 138 valence electrons. The van der Waals surface area contributed by atoms with Gasteiger partial charge in [-0.15, -0.1) is 0 Å². The molecule has 0 atom stereocenters. The summed E-state index contributed by atoms with van der Waals surface area (Å²) in [5.74, 6) is -0.360. The standard InChI is InChI=1S/C16H13Cl2F3N4O/c1-2-3-4-13(26)24-15-9(7-22)8-23-25(15)14-11(17)5-10(6-12(14)18)16(19,20)21/h5-6,8H,2-4H2,1H3,(H,24,26). The van der Waals surface area contributed by atoms with E-state index in [0.717, 1.165) is 11.1 Å². The van der Waals surface area contributed by atoms with Gasteiger partial charge in [0.25, 0.3) is 0 Å². The van der Waals surface area contributed by atoms with Crippen molar-refractivity contribution in [2.75, 3.05) is 5.32 Å². The zero-order chi connectivity index (χ0) is 19.5. The monoisotopic (exact) mass is 404 g/mol. The third-order valence-electron chi connectivity index (χ3n) is 3.46. The van der Waals surface area contributed by atoms with Gasteiger partial charge in [-0.2, -0.15) is 23.5 Å². The average Bonchev–Trinajstić information content (AvgIpc) is 2.94. The number of nitrogens with zero attached hydrogens (tertiary/aromatic N) is 3. The van der Waals surface area contributed by atoms with Crippen LogP contribution in [-0.4, -0.2) is 15.7 Å². The SMILES string of the molecule is CCCCC(=O)Nc1c(C#N)cnn1-c1c(Cl)cc(C(F)(F)F)cc1Cl. The van der Waals surface area contributed by atoms with E-state index in [1.807, 2.05) is 13.0 Å². The zero-order valence-electron chi connectivity index (χ0n) is 13.5. The predicted octanol–water partition coefficient (Wildman–Crippen LogP) is 5.20. The molecule has 0 aliphatic carbocycles. The van der Waals surface area contributed by atoms with E-state index in [9.17, 15) is 23.2 Å². The van der Waals surface area contributed by atoms with Crippen LogP contribution in [-0.2, 0) is 11.0 Å². The van der Waals surface area contributed by atoms with Crippen molar-refractivity contribution in [2.24, 2.45) is 0 Å². The van der Waals surface area contributed by atoms with Crippen LogP contribution in [0, 0.1) is 11.3 Å². The highest BCUT2D eigenvalue weighted by molar-refractivity contribution is 6.38. The molecule has 10 heteroatoms. The number of hydrogen-bond donors (Lipinski definition) is 1. The summed E-state index contributed by atoms with van der Waals surface area (Å²) < 4.78 is 39.7. The summed E-state index contributed by atoms with van der Waals surface area (Å²) in [6.45, 7) is 1.92. The molecule has 0 spiro atoms. The second kappa shape index (κ2) is 7.98. The van der Waals surface area contributed by atoms with Crippen molar-refractivity contribution < 1.29 is 18.0 Å². The number of aromatic nitrogens is 2. The Morgan fingerprint density at radius 3 is 2.46 bits per heavy atom. The minimum atomic E-state index is -4.62. The Kier molecular flexibility index (Phi) is 6.16. The van der Waals surface area contributed by atoms with Gasteiger partial charge in [0.1, 0.15) is 17.3 Å². The third kappa shape index (κ3) is 4.29. The van der Waals surface area contributed by atoms with Crippen molar-refractivity contribution in [1.29, 1.82) is 5.26 Å². The van der Waals surface area contributed by atoms with Gasteiger partial charge < -0.3 is 5.32 Å². The van der Waals surface area contributed by atoms with Crippen LogP contribution in [0.5, 0.6) is 0 Å². The molecule has 26 heavy (non-hydrogen) atoms. The number of benzene rings is 1. The van der Waals surface area contributed by atoms with Crippen LogP contribution in [0.25, 0.3) is 5.69 Å². The Labute approximate surface area is 157 Å². The Hall–Kier alpha value is -2.24. The Balaban J connectivity index is 2.51. The second-order valence-electron chi connectivity index (χ2n) is 5.37. The van der Waals surface area contributed by atoms with Gasteiger partial charge in [-0.05, 0) is 18.6 Å². The van der Waals surface area contributed by atoms with Crippen molar-refractivity contribution in [1.82, 2.24) is 9.78 Å². The summed E-state index contributed by atoms with van der Waals surface area (Å²) in [6, 6.07) is 3.27. The first kappa shape index (κ1) is 20.1. The van der Waals surface area contributed by atoms with Crippen LogP contribution < -0.4 is 5.32 Å². The lowest BCUT2D eigenvalue weighted by atomic mass is 10.2. The summed E-state index contributed by atoms with van der Waals surface area (Å²) in [5, 5.41) is 15.0. The highest BCUT2D eigenvalue weighted by Crippen LogP contribution is 2.38. The molecule has 0 saturated heterocycles. The smallest absolute Gasteiger partial charge is 0.309 e. The lowest BCUT2D eigenvalue weighted by Gasteiger charge is -2.15. The fourth-order valence-electron chi connectivity index (χ4n) is 2.18. The molecule has 1 amide bonds. The Bertz CT molecular complexity index is 848. The molecule has 1 aromatic heterocycles. The van der Waals surface area contributed by atoms with Gasteiger partial charge in [0.15, 0.2) is 5.82 Å². The summed E-state index contributed by atoms with van der Waals surface area (Å²) in [4.78, 5) is 12.0. The maximum Gasteiger partial charge on any atom is 0.416 e. The molecule has 2 aromatic rings. The van der Waals surface area contributed by atoms with E-state index < -0.39 is 11.7 Å². The van der Waals surface area contributed by atoms with Crippen LogP contribution in [0.15, 0.2) is 18.3 Å². The molecule has 1 N–H and O–H groups in total. The Morgan fingerprint density at radius 1 is 1.35 bits per heavy atom. The topological polar surface area (TPSA) is 70.7 Å². The molecule has 0 bridgehead atoms. The maximum atomic E-state index is 12.9. The average molecular weight is 405 g/mol. The lowest BCUT2D eigenvalue weighted by Crippen LogP contribution is -2.16. The van der Waals surface area contributed by atoms with Crippen LogP contribution in [0.2, 0.25) is 10.0 Å². The number of halogens is 5. The summed E-state index contributed by atoms with van der Waals surface area (Å²) in [6.07, 6.45) is -1.79. The summed E-state index contributed by atoms with van der Waals surface area (Å²) in [7, 11) is 0. The van der Waals surface area contributed by atoms with Crippen molar-refractivity contribution in [3.05, 3.63) is 39.5 Å². The molecule has 0 unspecified atom stereocenters. The van der Waals surface area contributed by atoms with Crippen LogP contribution >= 0.6 is 23.2 Å². The first-order valence-corrected chi connectivity index (χ1v) is 8.29. The first-order valence-electron chi connectivity index (χ1n) is 7.53. The number of carbonyl (C=O) groups is 1. The summed E-state index contributed by atoms with van der Waals surface area (Å²) >= 11 is 12.0. The molecule has 0 radical (unpaired) electrons. The van der Waals surface area contributed by atoms with Crippen LogP contribution in [0.3, 0.4) is 0 Å². The van der Waals surface area contributed by atoms with Crippen LogP contribution in [0.1, 0.15) is 37.3 Å². The van der Waals surface area contributed by atoms with E-state index in [0.29, 0.717) is 18.6 Å². The fraction of sp³-hybridized carbons (Fsp3) is 0.312. The van der Waals surface area contributed by atoms with E-state index in [1.54, 1.807) is 0 Å². The third-order valence-corrected chi connectivity index (χ3v) is 4.04. The van der Waals surface area contributed by atoms with Crippen molar-refractivity contribution in [3.8, 4) is 11.8 Å². The minimum absolute atomic E-state index is 0.00263. The molecular formula is C16H13Cl2F3N4O. The second-order valence-corrected chi connectivity index (χ2v) is 6.18. The number of anilines is 1. The number of hydrogen-bond acceptors (Lipinski definition) is 3. The molecule has 0 aliphatic heterocycles. The number of nitriles is 1. The number of unbranched alkanes of at least 4 members (excludes halogenated alkanes) is 1. The molecule has 0 aliphatic rings. The molecule has 2 rings (SSSR count). The highest BCUT2D eigenvalue weighted by atomic mass is 35.5. The molecule has 1 heterocycles. The van der Waals surface area contributed by atoms with Crippen LogP contribution in [0.4, 0.5) is 19.0 Å². The van der Waals surface area contributed by atoms with Gasteiger partial charge in [-0.3, -0.25) is 4.79 Å². The number of nitrogens with one attached hydrogen (secondary N) is 1. The largest absolute Gasteiger partial charge is 0.416 e. The van der Waals surface area contributed by atoms with Crippen molar-refractivity contribution in [3.63, 3.8) is 0 Å². The number of rotatable bonds is 5. The van der Waals surface area contributed by atoms with Crippen molar-refractivity contribution in [2.45, 2.75) is 32.4 Å². The van der Waals surface area contributed by atoms with Gasteiger partial charge in [0.2, 0.25) is 5.91 Å². The van der Waals surface area contributed by atoms with E-state index in [2.05, 4.69) is 10.4 Å². The molecular weight excluding hydrogens is 392 g/mol. The van der Waals surface area contributed by atoms with Gasteiger partial charge in [0.05, 0.1) is 21.8 Å². The van der Waals surface area contributed by atoms with E-state index in [4.69, 9.17) is 23.2 Å².